The minimum absolute atomic E-state index is 0. The third-order valence-corrected chi connectivity index (χ3v) is 7.15. The van der Waals surface area contributed by atoms with Crippen molar-refractivity contribution < 1.29 is 13.2 Å². The fourth-order valence-electron chi connectivity index (χ4n) is 3.45. The highest BCUT2D eigenvalue weighted by atomic mass is 35.5. The molecule has 3 rings (SSSR count). The van der Waals surface area contributed by atoms with Gasteiger partial charge in [-0.05, 0) is 30.2 Å². The molecule has 0 atom stereocenters. The number of nitrogens with one attached hydrogen (secondary N) is 1. The monoisotopic (exact) mass is 466 g/mol. The maximum Gasteiger partial charge on any atom is 0.242 e. The molecule has 9 heteroatoms. The number of amides is 1. The van der Waals surface area contributed by atoms with E-state index < -0.39 is 10.0 Å². The number of sulfonamides is 1. The van der Waals surface area contributed by atoms with Crippen LogP contribution in [-0.2, 0) is 21.4 Å². The highest BCUT2D eigenvalue weighted by molar-refractivity contribution is 7.89. The van der Waals surface area contributed by atoms with Crippen LogP contribution >= 0.6 is 12.4 Å². The van der Waals surface area contributed by atoms with Crippen molar-refractivity contribution in [1.82, 2.24) is 14.1 Å². The molecule has 2 aromatic rings. The van der Waals surface area contributed by atoms with Gasteiger partial charge >= 0.3 is 0 Å². The summed E-state index contributed by atoms with van der Waals surface area (Å²) >= 11 is 0. The zero-order valence-electron chi connectivity index (χ0n) is 18.2. The number of hydrogen-bond acceptors (Lipinski definition) is 5. The van der Waals surface area contributed by atoms with Crippen molar-refractivity contribution in [3.05, 3.63) is 59.7 Å². The molecule has 1 aliphatic rings. The minimum Gasteiger partial charge on any atom is -0.325 e. The highest BCUT2D eigenvalue weighted by Gasteiger charge is 2.21. The Labute approximate surface area is 191 Å². The second kappa shape index (κ2) is 11.1. The molecule has 0 unspecified atom stereocenters. The first-order chi connectivity index (χ1) is 14.3. The molecule has 1 N–H and O–H groups in total. The van der Waals surface area contributed by atoms with Crippen molar-refractivity contribution in [1.29, 1.82) is 0 Å². The average Bonchev–Trinajstić information content (AvgIpc) is 2.71. The van der Waals surface area contributed by atoms with Gasteiger partial charge in [-0.2, -0.15) is 0 Å². The fourth-order valence-corrected chi connectivity index (χ4v) is 4.38. The molecule has 1 saturated heterocycles. The number of anilines is 1. The molecule has 0 spiro atoms. The van der Waals surface area contributed by atoms with Gasteiger partial charge in [0.05, 0.1) is 11.4 Å². The van der Waals surface area contributed by atoms with E-state index in [1.54, 1.807) is 12.1 Å². The summed E-state index contributed by atoms with van der Waals surface area (Å²) in [6.45, 7) is 6.55. The van der Waals surface area contributed by atoms with Crippen LogP contribution in [0.3, 0.4) is 0 Å². The summed E-state index contributed by atoms with van der Waals surface area (Å²) in [5.74, 6) is -0.131. The SMILES string of the molecule is Cc1ccc(S(=O)(=O)N(C)C)cc1NC(=O)CN1CCN(Cc2ccccc2)CC1.Cl. The van der Waals surface area contributed by atoms with Gasteiger partial charge in [-0.15, -0.1) is 12.4 Å². The van der Waals surface area contributed by atoms with Gasteiger partial charge < -0.3 is 5.32 Å². The normalized spacial score (nSPS) is 15.5. The highest BCUT2D eigenvalue weighted by Crippen LogP contribution is 2.22. The van der Waals surface area contributed by atoms with Gasteiger partial charge in [0, 0.05) is 52.5 Å². The van der Waals surface area contributed by atoms with E-state index in [1.807, 2.05) is 13.0 Å². The van der Waals surface area contributed by atoms with Crippen molar-refractivity contribution in [2.75, 3.05) is 52.1 Å². The van der Waals surface area contributed by atoms with Gasteiger partial charge in [-0.25, -0.2) is 12.7 Å². The second-order valence-electron chi connectivity index (χ2n) is 7.85. The Bertz CT molecular complexity index is 976. The summed E-state index contributed by atoms with van der Waals surface area (Å²) in [5, 5.41) is 2.88. The summed E-state index contributed by atoms with van der Waals surface area (Å²) in [5.41, 5.74) is 2.66. The van der Waals surface area contributed by atoms with E-state index in [1.165, 1.54) is 25.7 Å². The number of carbonyl (C=O) groups excluding carboxylic acids is 1. The smallest absolute Gasteiger partial charge is 0.242 e. The molecule has 1 aliphatic heterocycles. The van der Waals surface area contributed by atoms with E-state index in [0.717, 1.165) is 42.6 Å². The maximum absolute atomic E-state index is 12.6. The number of halogens is 1. The van der Waals surface area contributed by atoms with Crippen LogP contribution in [0.1, 0.15) is 11.1 Å². The number of aryl methyl sites for hydroxylation is 1. The molecule has 1 amide bonds. The summed E-state index contributed by atoms with van der Waals surface area (Å²) in [4.78, 5) is 17.3. The van der Waals surface area contributed by atoms with Crippen molar-refractivity contribution >= 4 is 34.0 Å². The molecular formula is C22H31ClN4O3S. The van der Waals surface area contributed by atoms with Gasteiger partial charge in [-0.3, -0.25) is 14.6 Å². The summed E-state index contributed by atoms with van der Waals surface area (Å²) in [6.07, 6.45) is 0. The zero-order valence-corrected chi connectivity index (χ0v) is 19.9. The Balaban J connectivity index is 0.00000341. The van der Waals surface area contributed by atoms with Gasteiger partial charge in [0.25, 0.3) is 0 Å². The minimum atomic E-state index is -3.55. The van der Waals surface area contributed by atoms with Gasteiger partial charge in [0.2, 0.25) is 15.9 Å². The summed E-state index contributed by atoms with van der Waals surface area (Å²) in [6, 6.07) is 15.2. The first-order valence-electron chi connectivity index (χ1n) is 10.1. The lowest BCUT2D eigenvalue weighted by Crippen LogP contribution is -2.48. The first kappa shape index (κ1) is 25.3. The van der Waals surface area contributed by atoms with Crippen LogP contribution in [0.15, 0.2) is 53.4 Å². The van der Waals surface area contributed by atoms with E-state index in [0.29, 0.717) is 12.2 Å². The van der Waals surface area contributed by atoms with E-state index in [2.05, 4.69) is 39.4 Å². The molecule has 170 valence electrons. The lowest BCUT2D eigenvalue weighted by molar-refractivity contribution is -0.117. The van der Waals surface area contributed by atoms with Crippen LogP contribution < -0.4 is 5.32 Å². The summed E-state index contributed by atoms with van der Waals surface area (Å²) < 4.78 is 25.9. The molecule has 0 saturated carbocycles. The molecule has 0 aromatic heterocycles. The largest absolute Gasteiger partial charge is 0.325 e. The van der Waals surface area contributed by atoms with Crippen LogP contribution in [-0.4, -0.2) is 75.2 Å². The second-order valence-corrected chi connectivity index (χ2v) is 10.0. The van der Waals surface area contributed by atoms with Crippen molar-refractivity contribution in [2.24, 2.45) is 0 Å². The molecule has 0 aliphatic carbocycles. The molecule has 7 nitrogen and oxygen atoms in total. The standard InChI is InChI=1S/C22H30N4O3S.ClH/c1-18-9-10-20(30(28,29)24(2)3)15-21(18)23-22(27)17-26-13-11-25(12-14-26)16-19-7-5-4-6-8-19;/h4-10,15H,11-14,16-17H2,1-3H3,(H,23,27);1H. The van der Waals surface area contributed by atoms with E-state index in [-0.39, 0.29) is 23.2 Å². The third kappa shape index (κ3) is 6.75. The predicted octanol–water partition coefficient (Wildman–Crippen LogP) is 2.42. The molecule has 0 radical (unpaired) electrons. The Hall–Kier alpha value is -1.97. The van der Waals surface area contributed by atoms with Crippen molar-refractivity contribution in [3.8, 4) is 0 Å². The number of piperazine rings is 1. The summed E-state index contributed by atoms with van der Waals surface area (Å²) in [7, 11) is -0.563. The van der Waals surface area contributed by atoms with Crippen molar-refractivity contribution in [3.63, 3.8) is 0 Å². The van der Waals surface area contributed by atoms with Gasteiger partial charge in [-0.1, -0.05) is 36.4 Å². The quantitative estimate of drug-likeness (QED) is 0.678. The molecule has 1 fully saturated rings. The zero-order chi connectivity index (χ0) is 21.7. The Morgan fingerprint density at radius 1 is 1.00 bits per heavy atom. The fraction of sp³-hybridized carbons (Fsp3) is 0.409. The predicted molar refractivity (Wildman–Crippen MR) is 126 cm³/mol. The van der Waals surface area contributed by atoms with E-state index in [9.17, 15) is 13.2 Å². The van der Waals surface area contributed by atoms with E-state index >= 15 is 0 Å². The number of carbonyl (C=O) groups is 1. The van der Waals surface area contributed by atoms with Gasteiger partial charge in [0.1, 0.15) is 0 Å². The Kier molecular flexibility index (Phi) is 9.02. The lowest BCUT2D eigenvalue weighted by Gasteiger charge is -2.34. The topological polar surface area (TPSA) is 73.0 Å². The van der Waals surface area contributed by atoms with Gasteiger partial charge in [0.15, 0.2) is 0 Å². The maximum atomic E-state index is 12.6. The molecule has 1 heterocycles. The molecule has 2 aromatic carbocycles. The van der Waals surface area contributed by atoms with Crippen molar-refractivity contribution in [2.45, 2.75) is 18.4 Å². The number of nitrogens with zero attached hydrogens (tertiary/aromatic N) is 3. The number of benzene rings is 2. The molecular weight excluding hydrogens is 436 g/mol. The van der Waals surface area contributed by atoms with Crippen LogP contribution in [0.5, 0.6) is 0 Å². The lowest BCUT2D eigenvalue weighted by atomic mass is 10.2. The van der Waals surface area contributed by atoms with Crippen LogP contribution in [0.4, 0.5) is 5.69 Å². The number of rotatable bonds is 7. The first-order valence-corrected chi connectivity index (χ1v) is 11.5. The van der Waals surface area contributed by atoms with Crippen LogP contribution in [0.2, 0.25) is 0 Å². The van der Waals surface area contributed by atoms with E-state index in [4.69, 9.17) is 0 Å². The van der Waals surface area contributed by atoms with Crippen LogP contribution in [0, 0.1) is 6.92 Å². The third-order valence-electron chi connectivity index (χ3n) is 5.34. The average molecular weight is 467 g/mol. The number of hydrogen-bond donors (Lipinski definition) is 1. The van der Waals surface area contributed by atoms with Crippen LogP contribution in [0.25, 0.3) is 0 Å². The Morgan fingerprint density at radius 2 is 1.61 bits per heavy atom. The molecule has 0 bridgehead atoms. The Morgan fingerprint density at radius 3 is 2.23 bits per heavy atom. The molecule has 31 heavy (non-hydrogen) atoms.